The average molecular weight is 319 g/mol. The minimum atomic E-state index is -0.544. The van der Waals surface area contributed by atoms with Gasteiger partial charge in [0.2, 0.25) is 0 Å². The number of hydrogen-bond acceptors (Lipinski definition) is 2. The summed E-state index contributed by atoms with van der Waals surface area (Å²) in [5, 5.41) is 13.5. The highest BCUT2D eigenvalue weighted by Crippen LogP contribution is 2.29. The highest BCUT2D eigenvalue weighted by Gasteiger charge is 2.19. The van der Waals surface area contributed by atoms with E-state index in [2.05, 4.69) is 5.32 Å². The molecule has 4 heteroatoms. The van der Waals surface area contributed by atoms with E-state index >= 15 is 0 Å². The number of halogens is 2. The zero-order valence-corrected chi connectivity index (χ0v) is 13.5. The number of aliphatic hydroxyl groups excluding tert-OH is 1. The van der Waals surface area contributed by atoms with Gasteiger partial charge in [0.1, 0.15) is 11.6 Å². The van der Waals surface area contributed by atoms with Gasteiger partial charge >= 0.3 is 0 Å². The van der Waals surface area contributed by atoms with Crippen molar-refractivity contribution >= 4 is 0 Å². The summed E-state index contributed by atoms with van der Waals surface area (Å²) in [7, 11) is 0. The normalized spacial score (nSPS) is 12.8. The SMILES string of the molecule is CC(C)NCC(O)CC(c1ccc(F)cc1)c1ccc(F)cc1. The predicted octanol–water partition coefficient (Wildman–Crippen LogP) is 3.85. The van der Waals surface area contributed by atoms with Crippen molar-refractivity contribution < 1.29 is 13.9 Å². The smallest absolute Gasteiger partial charge is 0.123 e. The first-order valence-corrected chi connectivity index (χ1v) is 7.88. The predicted molar refractivity (Wildman–Crippen MR) is 88.4 cm³/mol. The van der Waals surface area contributed by atoms with Crippen LogP contribution in [0.1, 0.15) is 37.3 Å². The lowest BCUT2D eigenvalue weighted by atomic mass is 9.86. The second-order valence-electron chi connectivity index (χ2n) is 6.11. The van der Waals surface area contributed by atoms with E-state index in [0.717, 1.165) is 11.1 Å². The lowest BCUT2D eigenvalue weighted by Gasteiger charge is -2.22. The van der Waals surface area contributed by atoms with Crippen LogP contribution < -0.4 is 5.32 Å². The van der Waals surface area contributed by atoms with Crippen molar-refractivity contribution in [2.24, 2.45) is 0 Å². The van der Waals surface area contributed by atoms with E-state index in [1.165, 1.54) is 24.3 Å². The molecule has 0 aromatic heterocycles. The molecule has 23 heavy (non-hydrogen) atoms. The molecule has 0 aliphatic rings. The van der Waals surface area contributed by atoms with Gasteiger partial charge in [-0.2, -0.15) is 0 Å². The number of rotatable bonds is 7. The largest absolute Gasteiger partial charge is 0.392 e. The van der Waals surface area contributed by atoms with Gasteiger partial charge < -0.3 is 10.4 Å². The summed E-state index contributed by atoms with van der Waals surface area (Å²) in [5.74, 6) is -0.706. The van der Waals surface area contributed by atoms with Crippen molar-refractivity contribution in [3.8, 4) is 0 Å². The summed E-state index contributed by atoms with van der Waals surface area (Å²) < 4.78 is 26.3. The first-order chi connectivity index (χ1) is 11.0. The van der Waals surface area contributed by atoms with E-state index < -0.39 is 6.10 Å². The summed E-state index contributed by atoms with van der Waals surface area (Å²) >= 11 is 0. The molecule has 124 valence electrons. The molecule has 2 nitrogen and oxygen atoms in total. The fourth-order valence-corrected chi connectivity index (χ4v) is 2.58. The van der Waals surface area contributed by atoms with Crippen LogP contribution in [0.15, 0.2) is 48.5 Å². The second-order valence-corrected chi connectivity index (χ2v) is 6.11. The van der Waals surface area contributed by atoms with Crippen LogP contribution in [0.25, 0.3) is 0 Å². The molecule has 2 aromatic rings. The fourth-order valence-electron chi connectivity index (χ4n) is 2.58. The quantitative estimate of drug-likeness (QED) is 0.812. The minimum Gasteiger partial charge on any atom is -0.392 e. The fraction of sp³-hybridized carbons (Fsp3) is 0.368. The molecule has 0 bridgehead atoms. The Balaban J connectivity index is 2.20. The Hall–Kier alpha value is -1.78. The number of nitrogens with one attached hydrogen (secondary N) is 1. The number of hydrogen-bond donors (Lipinski definition) is 2. The van der Waals surface area contributed by atoms with E-state index in [-0.39, 0.29) is 17.6 Å². The zero-order valence-electron chi connectivity index (χ0n) is 13.5. The maximum atomic E-state index is 13.2. The van der Waals surface area contributed by atoms with Crippen LogP contribution in [0.3, 0.4) is 0 Å². The molecule has 0 heterocycles. The highest BCUT2D eigenvalue weighted by atomic mass is 19.1. The van der Waals surface area contributed by atoms with Gasteiger partial charge in [0, 0.05) is 18.5 Å². The molecular weight excluding hydrogens is 296 g/mol. The molecule has 2 N–H and O–H groups in total. The van der Waals surface area contributed by atoms with E-state index in [1.54, 1.807) is 24.3 Å². The standard InChI is InChI=1S/C19H23F2NO/c1-13(2)22-12-18(23)11-19(14-3-7-16(20)8-4-14)15-5-9-17(21)10-6-15/h3-10,13,18-19,22-23H,11-12H2,1-2H3. The first kappa shape index (κ1) is 17.6. The van der Waals surface area contributed by atoms with Crippen molar-refractivity contribution in [2.45, 2.75) is 38.3 Å². The van der Waals surface area contributed by atoms with Gasteiger partial charge in [0.05, 0.1) is 6.10 Å². The van der Waals surface area contributed by atoms with Gasteiger partial charge in [-0.25, -0.2) is 8.78 Å². The third-order valence-electron chi connectivity index (χ3n) is 3.81. The van der Waals surface area contributed by atoms with Crippen molar-refractivity contribution in [2.75, 3.05) is 6.54 Å². The minimum absolute atomic E-state index is 0.111. The van der Waals surface area contributed by atoms with Crippen LogP contribution in [0.4, 0.5) is 8.78 Å². The van der Waals surface area contributed by atoms with Gasteiger partial charge in [-0.15, -0.1) is 0 Å². The van der Waals surface area contributed by atoms with Crippen molar-refractivity contribution in [3.05, 3.63) is 71.3 Å². The highest BCUT2D eigenvalue weighted by molar-refractivity contribution is 5.33. The van der Waals surface area contributed by atoms with Crippen LogP contribution in [-0.4, -0.2) is 23.8 Å². The number of aliphatic hydroxyl groups is 1. The van der Waals surface area contributed by atoms with Crippen molar-refractivity contribution in [1.29, 1.82) is 0 Å². The summed E-state index contributed by atoms with van der Waals surface area (Å²) in [6.45, 7) is 4.52. The lowest BCUT2D eigenvalue weighted by molar-refractivity contribution is 0.154. The van der Waals surface area contributed by atoms with Crippen LogP contribution in [-0.2, 0) is 0 Å². The zero-order chi connectivity index (χ0) is 16.8. The Kier molecular flexibility index (Phi) is 6.25. The Morgan fingerprint density at radius 2 is 1.30 bits per heavy atom. The molecule has 2 aromatic carbocycles. The summed E-state index contributed by atoms with van der Waals surface area (Å²) in [4.78, 5) is 0. The average Bonchev–Trinajstić information content (AvgIpc) is 2.52. The summed E-state index contributed by atoms with van der Waals surface area (Å²) in [6.07, 6.45) is -0.0609. The van der Waals surface area contributed by atoms with E-state index in [1.807, 2.05) is 13.8 Å². The Labute approximate surface area is 136 Å². The van der Waals surface area contributed by atoms with E-state index in [4.69, 9.17) is 0 Å². The van der Waals surface area contributed by atoms with Gasteiger partial charge in [0.15, 0.2) is 0 Å². The maximum Gasteiger partial charge on any atom is 0.123 e. The molecule has 0 amide bonds. The van der Waals surface area contributed by atoms with Crippen LogP contribution in [0.5, 0.6) is 0 Å². The van der Waals surface area contributed by atoms with Crippen LogP contribution in [0, 0.1) is 11.6 Å². The molecule has 1 atom stereocenters. The number of benzene rings is 2. The third kappa shape index (κ3) is 5.41. The molecule has 0 spiro atoms. The Morgan fingerprint density at radius 1 is 0.870 bits per heavy atom. The second kappa shape index (κ2) is 8.18. The van der Waals surface area contributed by atoms with E-state index in [9.17, 15) is 13.9 Å². The van der Waals surface area contributed by atoms with Gasteiger partial charge in [-0.3, -0.25) is 0 Å². The van der Waals surface area contributed by atoms with Gasteiger partial charge in [0.25, 0.3) is 0 Å². The molecule has 0 saturated heterocycles. The van der Waals surface area contributed by atoms with Gasteiger partial charge in [-0.1, -0.05) is 38.1 Å². The Bertz CT molecular complexity index is 550. The maximum absolute atomic E-state index is 13.2. The lowest BCUT2D eigenvalue weighted by Crippen LogP contribution is -2.32. The van der Waals surface area contributed by atoms with Crippen molar-refractivity contribution in [1.82, 2.24) is 5.32 Å². The molecule has 2 rings (SSSR count). The topological polar surface area (TPSA) is 32.3 Å². The van der Waals surface area contributed by atoms with E-state index in [0.29, 0.717) is 19.0 Å². The molecule has 0 fully saturated rings. The molecule has 0 saturated carbocycles. The molecule has 0 radical (unpaired) electrons. The summed E-state index contributed by atoms with van der Waals surface area (Å²) in [5.41, 5.74) is 1.81. The molecular formula is C19H23F2NO. The van der Waals surface area contributed by atoms with Gasteiger partial charge in [-0.05, 0) is 41.8 Å². The third-order valence-corrected chi connectivity index (χ3v) is 3.81. The van der Waals surface area contributed by atoms with Crippen molar-refractivity contribution in [3.63, 3.8) is 0 Å². The first-order valence-electron chi connectivity index (χ1n) is 7.88. The molecule has 0 aliphatic heterocycles. The monoisotopic (exact) mass is 319 g/mol. The Morgan fingerprint density at radius 3 is 1.70 bits per heavy atom. The van der Waals surface area contributed by atoms with Crippen LogP contribution >= 0.6 is 0 Å². The molecule has 0 aliphatic carbocycles. The summed E-state index contributed by atoms with van der Waals surface area (Å²) in [6, 6.07) is 12.8. The van der Waals surface area contributed by atoms with Crippen LogP contribution in [0.2, 0.25) is 0 Å². The molecule has 1 unspecified atom stereocenters.